The minimum atomic E-state index is 0.732. The van der Waals surface area contributed by atoms with Crippen molar-refractivity contribution < 1.29 is 9.47 Å². The van der Waals surface area contributed by atoms with E-state index in [-0.39, 0.29) is 0 Å². The normalized spacial score (nSPS) is 10.1. The van der Waals surface area contributed by atoms with Crippen molar-refractivity contribution in [2.45, 2.75) is 26.7 Å². The van der Waals surface area contributed by atoms with Gasteiger partial charge in [-0.2, -0.15) is 0 Å². The molecule has 0 saturated carbocycles. The fourth-order valence-electron chi connectivity index (χ4n) is 1.14. The van der Waals surface area contributed by atoms with Gasteiger partial charge in [0, 0.05) is 0 Å². The second kappa shape index (κ2) is 6.72. The highest BCUT2D eigenvalue weighted by molar-refractivity contribution is 9.10. The van der Waals surface area contributed by atoms with Crippen LogP contribution >= 0.6 is 15.9 Å². The summed E-state index contributed by atoms with van der Waals surface area (Å²) in [6.45, 7) is 5.64. The van der Waals surface area contributed by atoms with E-state index in [2.05, 4.69) is 29.8 Å². The lowest BCUT2D eigenvalue weighted by molar-refractivity contribution is 0.298. The van der Waals surface area contributed by atoms with Crippen LogP contribution in [0, 0.1) is 0 Å². The molecule has 0 aliphatic heterocycles. The zero-order valence-electron chi connectivity index (χ0n) is 9.25. The third kappa shape index (κ3) is 3.74. The monoisotopic (exact) mass is 272 g/mol. The molecule has 3 heteroatoms. The van der Waals surface area contributed by atoms with Crippen molar-refractivity contribution in [1.82, 2.24) is 0 Å². The van der Waals surface area contributed by atoms with Gasteiger partial charge in [-0.3, -0.25) is 0 Å². The van der Waals surface area contributed by atoms with Gasteiger partial charge in [-0.05, 0) is 40.9 Å². The van der Waals surface area contributed by atoms with E-state index < -0.39 is 0 Å². The molecule has 0 aliphatic carbocycles. The fraction of sp³-hybridized carbons (Fsp3) is 0.500. The number of halogens is 1. The Bertz CT molecular complexity index is 273. The molecular formula is C12H17BrO2. The lowest BCUT2D eigenvalue weighted by atomic mass is 10.3. The Morgan fingerprint density at radius 2 is 1.47 bits per heavy atom. The molecule has 1 aromatic rings. The van der Waals surface area contributed by atoms with Crippen molar-refractivity contribution in [2.75, 3.05) is 13.2 Å². The summed E-state index contributed by atoms with van der Waals surface area (Å²) in [6, 6.07) is 5.83. The molecule has 0 atom stereocenters. The van der Waals surface area contributed by atoms with Gasteiger partial charge in [-0.1, -0.05) is 19.9 Å². The molecule has 0 saturated heterocycles. The van der Waals surface area contributed by atoms with Crippen LogP contribution in [0.2, 0.25) is 0 Å². The molecule has 0 amide bonds. The van der Waals surface area contributed by atoms with Gasteiger partial charge in [-0.15, -0.1) is 0 Å². The predicted octanol–water partition coefficient (Wildman–Crippen LogP) is 4.03. The maximum absolute atomic E-state index is 5.58. The average Bonchev–Trinajstić information content (AvgIpc) is 2.26. The number of ether oxygens (including phenoxy) is 2. The highest BCUT2D eigenvalue weighted by atomic mass is 79.9. The molecule has 0 aromatic heterocycles. The third-order valence-electron chi connectivity index (χ3n) is 1.85. The van der Waals surface area contributed by atoms with Crippen LogP contribution in [0.15, 0.2) is 22.7 Å². The van der Waals surface area contributed by atoms with Gasteiger partial charge < -0.3 is 9.47 Å². The number of hydrogen-bond acceptors (Lipinski definition) is 2. The topological polar surface area (TPSA) is 18.5 Å². The van der Waals surface area contributed by atoms with E-state index in [0.29, 0.717) is 0 Å². The third-order valence-corrected chi connectivity index (χ3v) is 2.63. The summed E-state index contributed by atoms with van der Waals surface area (Å²) in [6.07, 6.45) is 2.01. The van der Waals surface area contributed by atoms with Crippen molar-refractivity contribution in [3.05, 3.63) is 22.7 Å². The summed E-state index contributed by atoms with van der Waals surface area (Å²) in [5.41, 5.74) is 0. The van der Waals surface area contributed by atoms with Crippen molar-refractivity contribution >= 4 is 15.9 Å². The Morgan fingerprint density at radius 1 is 1.00 bits per heavy atom. The first kappa shape index (κ1) is 12.4. The lowest BCUT2D eigenvalue weighted by Crippen LogP contribution is -1.99. The van der Waals surface area contributed by atoms with Crippen molar-refractivity contribution in [1.29, 1.82) is 0 Å². The van der Waals surface area contributed by atoms with Crippen molar-refractivity contribution in [3.8, 4) is 11.5 Å². The SMILES string of the molecule is CCCOc1cccc(OCCC)c1Br. The summed E-state index contributed by atoms with van der Waals surface area (Å²) < 4.78 is 12.1. The fourth-order valence-corrected chi connectivity index (χ4v) is 1.63. The molecule has 0 aliphatic rings. The van der Waals surface area contributed by atoms with Gasteiger partial charge in [-0.25, -0.2) is 0 Å². The Morgan fingerprint density at radius 3 is 1.87 bits per heavy atom. The van der Waals surface area contributed by atoms with Crippen LogP contribution in [0.1, 0.15) is 26.7 Å². The molecule has 15 heavy (non-hydrogen) atoms. The molecule has 0 radical (unpaired) electrons. The minimum Gasteiger partial charge on any atom is -0.492 e. The van der Waals surface area contributed by atoms with Crippen LogP contribution < -0.4 is 9.47 Å². The molecule has 0 unspecified atom stereocenters. The largest absolute Gasteiger partial charge is 0.492 e. The van der Waals surface area contributed by atoms with Gasteiger partial charge in [0.15, 0.2) is 0 Å². The van der Waals surface area contributed by atoms with Crippen LogP contribution in [0.25, 0.3) is 0 Å². The van der Waals surface area contributed by atoms with Crippen LogP contribution in [-0.4, -0.2) is 13.2 Å². The molecule has 0 bridgehead atoms. The van der Waals surface area contributed by atoms with E-state index in [1.807, 2.05) is 18.2 Å². The summed E-state index contributed by atoms with van der Waals surface area (Å²) in [5, 5.41) is 0. The molecule has 0 fully saturated rings. The molecular weight excluding hydrogens is 256 g/mol. The second-order valence-electron chi connectivity index (χ2n) is 3.27. The second-order valence-corrected chi connectivity index (χ2v) is 4.06. The Labute approximate surface area is 99.7 Å². The standard InChI is InChI=1S/C12H17BrO2/c1-3-8-14-10-6-5-7-11(12(10)13)15-9-4-2/h5-7H,3-4,8-9H2,1-2H3. The minimum absolute atomic E-state index is 0.732. The van der Waals surface area contributed by atoms with Crippen molar-refractivity contribution in [3.63, 3.8) is 0 Å². The highest BCUT2D eigenvalue weighted by Gasteiger charge is 2.06. The van der Waals surface area contributed by atoms with Crippen LogP contribution in [0.5, 0.6) is 11.5 Å². The predicted molar refractivity (Wildman–Crippen MR) is 65.7 cm³/mol. The number of rotatable bonds is 6. The van der Waals surface area contributed by atoms with E-state index in [0.717, 1.165) is 42.0 Å². The summed E-state index contributed by atoms with van der Waals surface area (Å²) in [7, 11) is 0. The summed E-state index contributed by atoms with van der Waals surface area (Å²) in [4.78, 5) is 0. The lowest BCUT2D eigenvalue weighted by Gasteiger charge is -2.11. The van der Waals surface area contributed by atoms with Gasteiger partial charge in [0.1, 0.15) is 16.0 Å². The van der Waals surface area contributed by atoms with Gasteiger partial charge in [0.25, 0.3) is 0 Å². The summed E-state index contributed by atoms with van der Waals surface area (Å²) >= 11 is 3.49. The molecule has 84 valence electrons. The summed E-state index contributed by atoms with van der Waals surface area (Å²) in [5.74, 6) is 1.70. The van der Waals surface area contributed by atoms with Crippen molar-refractivity contribution in [2.24, 2.45) is 0 Å². The maximum Gasteiger partial charge on any atom is 0.137 e. The molecule has 1 rings (SSSR count). The quantitative estimate of drug-likeness (QED) is 0.779. The smallest absolute Gasteiger partial charge is 0.137 e. The first-order chi connectivity index (χ1) is 7.29. The van der Waals surface area contributed by atoms with Gasteiger partial charge >= 0.3 is 0 Å². The van der Waals surface area contributed by atoms with Crippen LogP contribution in [0.3, 0.4) is 0 Å². The van der Waals surface area contributed by atoms with E-state index in [1.165, 1.54) is 0 Å². The molecule has 1 aromatic carbocycles. The Hall–Kier alpha value is -0.700. The maximum atomic E-state index is 5.58. The van der Waals surface area contributed by atoms with Gasteiger partial charge in [0.2, 0.25) is 0 Å². The molecule has 0 heterocycles. The number of benzene rings is 1. The zero-order valence-corrected chi connectivity index (χ0v) is 10.8. The first-order valence-electron chi connectivity index (χ1n) is 5.33. The Balaban J connectivity index is 2.71. The van der Waals surface area contributed by atoms with E-state index in [9.17, 15) is 0 Å². The van der Waals surface area contributed by atoms with E-state index in [4.69, 9.17) is 9.47 Å². The molecule has 0 spiro atoms. The van der Waals surface area contributed by atoms with E-state index >= 15 is 0 Å². The highest BCUT2D eigenvalue weighted by Crippen LogP contribution is 2.34. The van der Waals surface area contributed by atoms with E-state index in [1.54, 1.807) is 0 Å². The van der Waals surface area contributed by atoms with Gasteiger partial charge in [0.05, 0.1) is 13.2 Å². The average molecular weight is 273 g/mol. The first-order valence-corrected chi connectivity index (χ1v) is 6.13. The zero-order chi connectivity index (χ0) is 11.1. The van der Waals surface area contributed by atoms with Crippen LogP contribution in [-0.2, 0) is 0 Å². The van der Waals surface area contributed by atoms with Crippen LogP contribution in [0.4, 0.5) is 0 Å². The molecule has 0 N–H and O–H groups in total. The Kier molecular flexibility index (Phi) is 5.54. The molecule has 2 nitrogen and oxygen atoms in total. The number of hydrogen-bond donors (Lipinski definition) is 0.